The van der Waals surface area contributed by atoms with Crippen LogP contribution in [0.5, 0.6) is 11.8 Å². The molecule has 1 saturated heterocycles. The van der Waals surface area contributed by atoms with Crippen LogP contribution in [0.2, 0.25) is 0 Å². The summed E-state index contributed by atoms with van der Waals surface area (Å²) in [5.41, 5.74) is 3.26. The van der Waals surface area contributed by atoms with Gasteiger partial charge in [0.15, 0.2) is 18.0 Å². The molecule has 3 aromatic rings. The van der Waals surface area contributed by atoms with Gasteiger partial charge < -0.3 is 19.1 Å². The van der Waals surface area contributed by atoms with E-state index in [4.69, 9.17) is 13.9 Å². The first-order chi connectivity index (χ1) is 21.8. The summed E-state index contributed by atoms with van der Waals surface area (Å²) in [5.74, 6) is 5.45. The van der Waals surface area contributed by atoms with Crippen molar-refractivity contribution >= 4 is 43.3 Å². The Morgan fingerprint density at radius 2 is 1.89 bits per heavy atom. The highest BCUT2D eigenvalue weighted by molar-refractivity contribution is 7.92. The van der Waals surface area contributed by atoms with Crippen molar-refractivity contribution in [1.29, 1.82) is 0 Å². The van der Waals surface area contributed by atoms with E-state index in [0.29, 0.717) is 35.6 Å². The van der Waals surface area contributed by atoms with Crippen LogP contribution in [0.25, 0.3) is 5.82 Å². The summed E-state index contributed by atoms with van der Waals surface area (Å²) < 4.78 is 15.1. The number of hydrazine groups is 1. The molecule has 6 rings (SSSR count). The van der Waals surface area contributed by atoms with Gasteiger partial charge in [-0.3, -0.25) is 10.2 Å². The number of hydrogen-bond donors (Lipinski definition) is 2. The van der Waals surface area contributed by atoms with Crippen LogP contribution in [0, 0.1) is 17.8 Å². The fourth-order valence-corrected chi connectivity index (χ4v) is 6.70. The van der Waals surface area contributed by atoms with Gasteiger partial charge in [-0.1, -0.05) is 13.0 Å². The predicted octanol–water partition coefficient (Wildman–Crippen LogP) is 6.40. The molecular formula is C33H48N8O3S2. The van der Waals surface area contributed by atoms with Crippen LogP contribution >= 0.6 is 25.7 Å². The summed E-state index contributed by atoms with van der Waals surface area (Å²) in [6.07, 6.45) is 11.6. The molecule has 0 unspecified atom stereocenters. The molecule has 11 nitrogen and oxygen atoms in total. The number of aromatic nitrogens is 4. The second-order valence-corrected chi connectivity index (χ2v) is 13.9. The smallest absolute Gasteiger partial charge is 0.270 e. The molecule has 2 N–H and O–H groups in total. The zero-order valence-corrected chi connectivity index (χ0v) is 29.2. The average Bonchev–Trinajstić information content (AvgIpc) is 3.97. The molecule has 46 heavy (non-hydrogen) atoms. The Bertz CT molecular complexity index is 1450. The average molecular weight is 669 g/mol. The first kappa shape index (κ1) is 34.2. The maximum atomic E-state index is 13.6. The number of ether oxygens (including phenoxy) is 1. The van der Waals surface area contributed by atoms with Gasteiger partial charge in [-0.2, -0.15) is 18.5 Å². The zero-order chi connectivity index (χ0) is 31.4. The normalized spacial score (nSPS) is 17.2. The predicted molar refractivity (Wildman–Crippen MR) is 188 cm³/mol. The van der Waals surface area contributed by atoms with Crippen LogP contribution in [0.15, 0.2) is 42.6 Å². The number of pyridine rings is 2. The van der Waals surface area contributed by atoms with E-state index < -0.39 is 0 Å². The Balaban J connectivity index is 0.00000417. The first-order valence-corrected chi connectivity index (χ1v) is 17.1. The van der Waals surface area contributed by atoms with Crippen LogP contribution in [0.3, 0.4) is 0 Å². The number of amides is 1. The summed E-state index contributed by atoms with van der Waals surface area (Å²) in [4.78, 5) is 25.3. The number of carbonyl (C=O) groups excluding carboxylic acids is 1. The van der Waals surface area contributed by atoms with E-state index in [1.165, 1.54) is 30.1 Å². The van der Waals surface area contributed by atoms with Gasteiger partial charge in [0.2, 0.25) is 11.8 Å². The fraction of sp³-hybridized carbons (Fsp3) is 0.576. The van der Waals surface area contributed by atoms with Gasteiger partial charge in [0.25, 0.3) is 5.91 Å². The molecule has 4 heterocycles. The quantitative estimate of drug-likeness (QED) is 0.101. The Morgan fingerprint density at radius 3 is 2.59 bits per heavy atom. The van der Waals surface area contributed by atoms with Crippen molar-refractivity contribution in [3.63, 3.8) is 0 Å². The van der Waals surface area contributed by atoms with E-state index in [9.17, 15) is 4.79 Å². The monoisotopic (exact) mass is 668 g/mol. The molecule has 0 spiro atoms. The van der Waals surface area contributed by atoms with Crippen LogP contribution in [0.1, 0.15) is 82.5 Å². The summed E-state index contributed by atoms with van der Waals surface area (Å²) >= 11 is 0.993. The van der Waals surface area contributed by atoms with Crippen molar-refractivity contribution in [1.82, 2.24) is 29.6 Å². The van der Waals surface area contributed by atoms with Gasteiger partial charge in [-0.05, 0) is 101 Å². The Hall–Kier alpha value is -3.16. The maximum absolute atomic E-state index is 13.6. The standard InChI is InChI=1S/C33H46N8O3S.H2S/c1-5-19-34-27-8-6-9-29(35-27)44-45-39(4)38-32(42)26-14-15-28(36-31(26)40-20-7-18-33(40,2)3)41-21-16-30(37-41)43-22-17-25(23-10-11-23)24-12-13-24;/h6,8-9,14-16,21,23-25H,5,7,10-13,17-20,22H2,1-4H3,(H,34,35)(H,38,42);1H2. The molecule has 0 atom stereocenters. The molecule has 3 fully saturated rings. The van der Waals surface area contributed by atoms with Crippen molar-refractivity contribution in [3.05, 3.63) is 48.2 Å². The number of rotatable bonds is 16. The third-order valence-electron chi connectivity index (χ3n) is 8.99. The highest BCUT2D eigenvalue weighted by atomic mass is 32.2. The summed E-state index contributed by atoms with van der Waals surface area (Å²) in [5, 5.41) is 7.92. The summed E-state index contributed by atoms with van der Waals surface area (Å²) in [6, 6.07) is 11.1. The Labute approximate surface area is 284 Å². The minimum absolute atomic E-state index is 0. The summed E-state index contributed by atoms with van der Waals surface area (Å²) in [7, 11) is 1.73. The maximum Gasteiger partial charge on any atom is 0.270 e. The second kappa shape index (κ2) is 15.2. The van der Waals surface area contributed by atoms with Crippen molar-refractivity contribution in [2.24, 2.45) is 17.8 Å². The highest BCUT2D eigenvalue weighted by Gasteiger charge is 2.41. The van der Waals surface area contributed by atoms with Gasteiger partial charge in [0.1, 0.15) is 11.6 Å². The minimum Gasteiger partial charge on any atom is -0.477 e. The molecule has 0 radical (unpaired) electrons. The lowest BCUT2D eigenvalue weighted by atomic mass is 9.95. The van der Waals surface area contributed by atoms with E-state index in [1.807, 2.05) is 36.5 Å². The molecule has 13 heteroatoms. The van der Waals surface area contributed by atoms with E-state index in [2.05, 4.69) is 46.5 Å². The molecule has 1 aliphatic heterocycles. The molecule has 3 aromatic heterocycles. The minimum atomic E-state index is -0.276. The van der Waals surface area contributed by atoms with Gasteiger partial charge in [-0.15, -0.1) is 9.51 Å². The van der Waals surface area contributed by atoms with Crippen molar-refractivity contribution in [2.75, 3.05) is 37.0 Å². The molecule has 3 aliphatic rings. The van der Waals surface area contributed by atoms with E-state index in [-0.39, 0.29) is 24.9 Å². The van der Waals surface area contributed by atoms with Gasteiger partial charge in [0, 0.05) is 44.0 Å². The number of anilines is 2. The van der Waals surface area contributed by atoms with Crippen LogP contribution < -0.4 is 24.6 Å². The highest BCUT2D eigenvalue weighted by Crippen LogP contribution is 2.50. The van der Waals surface area contributed by atoms with Crippen LogP contribution in [0.4, 0.5) is 11.6 Å². The number of nitrogens with one attached hydrogen (secondary N) is 2. The molecular weight excluding hydrogens is 621 g/mol. The largest absolute Gasteiger partial charge is 0.477 e. The lowest BCUT2D eigenvalue weighted by molar-refractivity contribution is 0.0897. The van der Waals surface area contributed by atoms with Gasteiger partial charge in [-0.25, -0.2) is 9.67 Å². The van der Waals surface area contributed by atoms with E-state index in [1.54, 1.807) is 17.8 Å². The molecule has 2 aliphatic carbocycles. The SMILES string of the molecule is CCCNc1cccc(OSN(C)NC(=O)c2ccc(-n3ccc(OCCC(C4CC4)C4CC4)n3)nc2N2CCCC2(C)C)n1.S. The van der Waals surface area contributed by atoms with E-state index in [0.717, 1.165) is 74.6 Å². The van der Waals surface area contributed by atoms with Gasteiger partial charge in [0.05, 0.1) is 12.2 Å². The van der Waals surface area contributed by atoms with Crippen molar-refractivity contribution in [3.8, 4) is 17.6 Å². The van der Waals surface area contributed by atoms with Crippen molar-refractivity contribution in [2.45, 2.75) is 77.7 Å². The second-order valence-electron chi connectivity index (χ2n) is 13.1. The molecule has 1 amide bonds. The van der Waals surface area contributed by atoms with Crippen LogP contribution in [-0.2, 0) is 0 Å². The topological polar surface area (TPSA) is 110 Å². The zero-order valence-electron chi connectivity index (χ0n) is 27.4. The molecule has 0 bridgehead atoms. The number of carbonyl (C=O) groups is 1. The third kappa shape index (κ3) is 8.60. The Morgan fingerprint density at radius 1 is 1.11 bits per heavy atom. The number of nitrogens with zero attached hydrogens (tertiary/aromatic N) is 6. The molecule has 250 valence electrons. The Kier molecular flexibility index (Phi) is 11.3. The van der Waals surface area contributed by atoms with E-state index >= 15 is 0 Å². The lowest BCUT2D eigenvalue weighted by Crippen LogP contribution is -2.41. The summed E-state index contributed by atoms with van der Waals surface area (Å²) in [6.45, 7) is 8.84. The first-order valence-electron chi connectivity index (χ1n) is 16.4. The van der Waals surface area contributed by atoms with Gasteiger partial charge >= 0.3 is 0 Å². The molecule has 2 saturated carbocycles. The third-order valence-corrected chi connectivity index (χ3v) is 9.55. The fourth-order valence-electron chi connectivity index (χ4n) is 6.29. The lowest BCUT2D eigenvalue weighted by Gasteiger charge is -2.34. The molecule has 0 aromatic carbocycles. The van der Waals surface area contributed by atoms with Crippen molar-refractivity contribution < 1.29 is 13.7 Å². The number of hydrogen-bond acceptors (Lipinski definition) is 10. The van der Waals surface area contributed by atoms with Crippen LogP contribution in [-0.4, -0.2) is 62.4 Å².